The molecule has 0 aliphatic carbocycles. The summed E-state index contributed by atoms with van der Waals surface area (Å²) in [5.41, 5.74) is 2.41. The number of H-pyrrole nitrogens is 1. The highest BCUT2D eigenvalue weighted by Gasteiger charge is 2.17. The van der Waals surface area contributed by atoms with Gasteiger partial charge in [-0.05, 0) is 12.5 Å². The number of hydrogen-bond acceptors (Lipinski definition) is 3. The van der Waals surface area contributed by atoms with Gasteiger partial charge in [0.25, 0.3) is 0 Å². The van der Waals surface area contributed by atoms with Crippen molar-refractivity contribution in [2.75, 3.05) is 7.11 Å². The van der Waals surface area contributed by atoms with Gasteiger partial charge in [-0.15, -0.1) is 0 Å². The summed E-state index contributed by atoms with van der Waals surface area (Å²) in [4.78, 5) is 18.8. The van der Waals surface area contributed by atoms with Crippen LogP contribution in [-0.2, 0) is 11.2 Å². The lowest BCUT2D eigenvalue weighted by atomic mass is 10.1. The number of hydrogen-bond donors (Lipinski definition) is 1. The summed E-state index contributed by atoms with van der Waals surface area (Å²) in [5.74, 6) is -0.314. The monoisotopic (exact) mass is 204 g/mol. The Kier molecular flexibility index (Phi) is 2.41. The summed E-state index contributed by atoms with van der Waals surface area (Å²) in [7, 11) is 1.39. The third kappa shape index (κ3) is 1.48. The molecule has 2 heterocycles. The van der Waals surface area contributed by atoms with Gasteiger partial charge in [0.2, 0.25) is 0 Å². The average Bonchev–Trinajstić information content (AvgIpc) is 2.66. The molecule has 0 atom stereocenters. The minimum absolute atomic E-state index is 0.314. The van der Waals surface area contributed by atoms with E-state index in [1.54, 1.807) is 12.4 Å². The van der Waals surface area contributed by atoms with Gasteiger partial charge in [0, 0.05) is 29.0 Å². The first kappa shape index (κ1) is 9.71. The number of nitrogens with zero attached hydrogens (tertiary/aromatic N) is 1. The molecule has 0 unspecified atom stereocenters. The van der Waals surface area contributed by atoms with Gasteiger partial charge in [0.1, 0.15) is 0 Å². The van der Waals surface area contributed by atoms with Gasteiger partial charge in [-0.2, -0.15) is 0 Å². The molecule has 2 rings (SSSR count). The maximum Gasteiger partial charge on any atom is 0.340 e. The van der Waals surface area contributed by atoms with E-state index in [4.69, 9.17) is 4.74 Å². The van der Waals surface area contributed by atoms with Crippen LogP contribution in [0.5, 0.6) is 0 Å². The summed E-state index contributed by atoms with van der Waals surface area (Å²) in [6, 6.07) is 1.85. The molecule has 0 radical (unpaired) electrons. The third-order valence-corrected chi connectivity index (χ3v) is 2.42. The zero-order valence-corrected chi connectivity index (χ0v) is 8.70. The maximum absolute atomic E-state index is 11.6. The second-order valence-corrected chi connectivity index (χ2v) is 3.24. The molecule has 0 saturated carbocycles. The van der Waals surface area contributed by atoms with Gasteiger partial charge in [-0.3, -0.25) is 4.98 Å². The van der Waals surface area contributed by atoms with Crippen LogP contribution >= 0.6 is 0 Å². The Balaban J connectivity index is 2.72. The molecule has 0 aliphatic heterocycles. The molecule has 0 spiro atoms. The zero-order valence-electron chi connectivity index (χ0n) is 8.70. The molecule has 0 bridgehead atoms. The fourth-order valence-corrected chi connectivity index (χ4v) is 1.69. The molecule has 0 aromatic carbocycles. The van der Waals surface area contributed by atoms with Gasteiger partial charge in [-0.1, -0.05) is 6.92 Å². The van der Waals surface area contributed by atoms with E-state index in [1.165, 1.54) is 7.11 Å². The lowest BCUT2D eigenvalue weighted by molar-refractivity contribution is 0.0602. The van der Waals surface area contributed by atoms with E-state index in [9.17, 15) is 4.79 Å². The van der Waals surface area contributed by atoms with E-state index in [2.05, 4.69) is 9.97 Å². The summed E-state index contributed by atoms with van der Waals surface area (Å²) in [6.45, 7) is 1.99. The number of ether oxygens (including phenoxy) is 1. The van der Waals surface area contributed by atoms with Crippen molar-refractivity contribution in [2.24, 2.45) is 0 Å². The van der Waals surface area contributed by atoms with Gasteiger partial charge in [0.15, 0.2) is 0 Å². The zero-order chi connectivity index (χ0) is 10.8. The lowest BCUT2D eigenvalue weighted by Crippen LogP contribution is -2.03. The molecule has 2 aromatic heterocycles. The number of aryl methyl sites for hydroxylation is 1. The van der Waals surface area contributed by atoms with Crippen LogP contribution in [0.4, 0.5) is 0 Å². The van der Waals surface area contributed by atoms with E-state index < -0.39 is 0 Å². The number of fused-ring (bicyclic) bond motifs is 1. The highest BCUT2D eigenvalue weighted by atomic mass is 16.5. The van der Waals surface area contributed by atoms with Crippen molar-refractivity contribution in [3.05, 3.63) is 29.7 Å². The molecule has 0 saturated heterocycles. The highest BCUT2D eigenvalue weighted by molar-refractivity contribution is 6.05. The molecule has 15 heavy (non-hydrogen) atoms. The predicted molar refractivity (Wildman–Crippen MR) is 56.8 cm³/mol. The highest BCUT2D eigenvalue weighted by Crippen LogP contribution is 2.22. The van der Waals surface area contributed by atoms with Gasteiger partial charge in [-0.25, -0.2) is 4.79 Å². The molecule has 2 aromatic rings. The van der Waals surface area contributed by atoms with Crippen LogP contribution in [0.2, 0.25) is 0 Å². The molecule has 0 aliphatic rings. The van der Waals surface area contributed by atoms with Crippen LogP contribution < -0.4 is 0 Å². The molecular weight excluding hydrogens is 192 g/mol. The Labute approximate surface area is 87.3 Å². The Hall–Kier alpha value is -1.84. The van der Waals surface area contributed by atoms with Gasteiger partial charge >= 0.3 is 5.97 Å². The Bertz CT molecular complexity index is 502. The average molecular weight is 204 g/mol. The maximum atomic E-state index is 11.6. The molecule has 1 N–H and O–H groups in total. The number of nitrogens with one attached hydrogen (secondary N) is 1. The second kappa shape index (κ2) is 3.73. The molecule has 78 valence electrons. The first-order valence-corrected chi connectivity index (χ1v) is 4.80. The quantitative estimate of drug-likeness (QED) is 0.760. The van der Waals surface area contributed by atoms with Crippen molar-refractivity contribution in [1.82, 2.24) is 9.97 Å². The van der Waals surface area contributed by atoms with Crippen molar-refractivity contribution in [1.29, 1.82) is 0 Å². The van der Waals surface area contributed by atoms with Gasteiger partial charge < -0.3 is 9.72 Å². The summed E-state index contributed by atoms with van der Waals surface area (Å²) in [6.07, 6.45) is 4.13. The van der Waals surface area contributed by atoms with Crippen molar-refractivity contribution < 1.29 is 9.53 Å². The normalized spacial score (nSPS) is 10.5. The standard InChI is InChI=1S/C11H12N2O2/c1-3-8-10(11(14)15-2)7-6-12-5-4-9(7)13-8/h4-6,13H,3H2,1-2H3. The number of esters is 1. The third-order valence-electron chi connectivity index (χ3n) is 2.42. The lowest BCUT2D eigenvalue weighted by Gasteiger charge is -1.99. The minimum Gasteiger partial charge on any atom is -0.465 e. The van der Waals surface area contributed by atoms with Crippen molar-refractivity contribution in [3.63, 3.8) is 0 Å². The first-order chi connectivity index (χ1) is 7.27. The molecule has 0 fully saturated rings. The van der Waals surface area contributed by atoms with E-state index in [0.29, 0.717) is 5.56 Å². The van der Waals surface area contributed by atoms with E-state index >= 15 is 0 Å². The number of rotatable bonds is 2. The Morgan fingerprint density at radius 1 is 1.60 bits per heavy atom. The van der Waals surface area contributed by atoms with E-state index in [-0.39, 0.29) is 5.97 Å². The summed E-state index contributed by atoms with van der Waals surface area (Å²) >= 11 is 0. The SMILES string of the molecule is CCc1[nH]c2ccncc2c1C(=O)OC. The number of aromatic nitrogens is 2. The predicted octanol–water partition coefficient (Wildman–Crippen LogP) is 1.91. The number of carbonyl (C=O) groups is 1. The minimum atomic E-state index is -0.314. The molecule has 0 amide bonds. The van der Waals surface area contributed by atoms with Crippen molar-refractivity contribution in [2.45, 2.75) is 13.3 Å². The molecular formula is C11H12N2O2. The van der Waals surface area contributed by atoms with E-state index in [0.717, 1.165) is 23.0 Å². The van der Waals surface area contributed by atoms with Crippen LogP contribution in [-0.4, -0.2) is 23.0 Å². The number of methoxy groups -OCH3 is 1. The fraction of sp³-hybridized carbons (Fsp3) is 0.273. The van der Waals surface area contributed by atoms with E-state index in [1.807, 2.05) is 13.0 Å². The van der Waals surface area contributed by atoms with Crippen LogP contribution in [0.15, 0.2) is 18.5 Å². The van der Waals surface area contributed by atoms with Gasteiger partial charge in [0.05, 0.1) is 12.7 Å². The number of pyridine rings is 1. The van der Waals surface area contributed by atoms with Crippen LogP contribution in [0.1, 0.15) is 23.0 Å². The number of carbonyl (C=O) groups excluding carboxylic acids is 1. The smallest absolute Gasteiger partial charge is 0.340 e. The Morgan fingerprint density at radius 3 is 3.07 bits per heavy atom. The first-order valence-electron chi connectivity index (χ1n) is 4.80. The van der Waals surface area contributed by atoms with Crippen LogP contribution in [0.3, 0.4) is 0 Å². The van der Waals surface area contributed by atoms with Crippen molar-refractivity contribution >= 4 is 16.9 Å². The van der Waals surface area contributed by atoms with Crippen molar-refractivity contribution in [3.8, 4) is 0 Å². The largest absolute Gasteiger partial charge is 0.465 e. The van der Waals surface area contributed by atoms with Crippen LogP contribution in [0.25, 0.3) is 10.9 Å². The Morgan fingerprint density at radius 2 is 2.40 bits per heavy atom. The topological polar surface area (TPSA) is 55.0 Å². The molecule has 4 nitrogen and oxygen atoms in total. The fourth-order valence-electron chi connectivity index (χ4n) is 1.69. The second-order valence-electron chi connectivity index (χ2n) is 3.24. The summed E-state index contributed by atoms with van der Waals surface area (Å²) in [5, 5.41) is 0.821. The summed E-state index contributed by atoms with van der Waals surface area (Å²) < 4.78 is 4.76. The number of aromatic amines is 1. The van der Waals surface area contributed by atoms with Crippen LogP contribution in [0, 0.1) is 0 Å². The molecule has 4 heteroatoms.